The van der Waals surface area contributed by atoms with Crippen molar-refractivity contribution in [1.82, 2.24) is 0 Å². The van der Waals surface area contributed by atoms with Crippen LogP contribution in [0.5, 0.6) is 0 Å². The lowest BCUT2D eigenvalue weighted by Gasteiger charge is -2.45. The van der Waals surface area contributed by atoms with E-state index >= 15 is 0 Å². The highest BCUT2D eigenvalue weighted by molar-refractivity contribution is 5.89. The van der Waals surface area contributed by atoms with Crippen LogP contribution in [0, 0.1) is 17.8 Å². The minimum atomic E-state index is 0.493. The van der Waals surface area contributed by atoms with Crippen molar-refractivity contribution in [1.29, 1.82) is 0 Å². The van der Waals surface area contributed by atoms with Gasteiger partial charge in [-0.25, -0.2) is 0 Å². The topological polar surface area (TPSA) is 64.4 Å². The van der Waals surface area contributed by atoms with Gasteiger partial charge in [0, 0.05) is 18.0 Å². The normalized spacial score (nSPS) is 33.2. The minimum absolute atomic E-state index is 0.493. The van der Waals surface area contributed by atoms with Crippen LogP contribution < -0.4 is 11.5 Å². The van der Waals surface area contributed by atoms with Gasteiger partial charge >= 0.3 is 0 Å². The standard InChI is InChI=1S/C16H25N3/c1-3-19-16-9-14(8-12-6-7-15(12)16)13(10-17)5-4-11(2)18/h4-5,10,12,14-15H,2-3,6-9,17-18H2,1H3/b5-4-,13-10+,19-16?/t12?,14-,15?/m0/s1. The van der Waals surface area contributed by atoms with Crippen LogP contribution in [0.2, 0.25) is 0 Å². The van der Waals surface area contributed by atoms with Crippen LogP contribution in [0.1, 0.15) is 32.6 Å². The molecule has 0 aliphatic heterocycles. The van der Waals surface area contributed by atoms with Gasteiger partial charge in [-0.05, 0) is 68.2 Å². The molecule has 0 aromatic carbocycles. The summed E-state index contributed by atoms with van der Waals surface area (Å²) in [6.45, 7) is 6.69. The average molecular weight is 259 g/mol. The van der Waals surface area contributed by atoms with Gasteiger partial charge in [0.15, 0.2) is 0 Å². The molecule has 2 fully saturated rings. The number of fused-ring (bicyclic) bond motifs is 1. The van der Waals surface area contributed by atoms with E-state index in [1.54, 1.807) is 6.20 Å². The molecule has 2 saturated carbocycles. The zero-order valence-corrected chi connectivity index (χ0v) is 11.8. The Kier molecular flexibility index (Phi) is 4.46. The molecular weight excluding hydrogens is 234 g/mol. The smallest absolute Gasteiger partial charge is 0.0360 e. The molecule has 0 aromatic rings. The zero-order valence-electron chi connectivity index (χ0n) is 11.8. The molecule has 2 aliphatic carbocycles. The summed E-state index contributed by atoms with van der Waals surface area (Å²) < 4.78 is 0. The molecule has 2 unspecified atom stereocenters. The molecule has 0 amide bonds. The van der Waals surface area contributed by atoms with Crippen molar-refractivity contribution in [2.75, 3.05) is 6.54 Å². The first kappa shape index (κ1) is 13.9. The van der Waals surface area contributed by atoms with Crippen molar-refractivity contribution in [2.45, 2.75) is 32.6 Å². The Morgan fingerprint density at radius 2 is 2.21 bits per heavy atom. The summed E-state index contributed by atoms with van der Waals surface area (Å²) in [4.78, 5) is 4.71. The first-order valence-electron chi connectivity index (χ1n) is 7.23. The molecule has 104 valence electrons. The van der Waals surface area contributed by atoms with Gasteiger partial charge in [0.25, 0.3) is 0 Å². The van der Waals surface area contributed by atoms with E-state index in [1.807, 2.05) is 12.2 Å². The summed E-state index contributed by atoms with van der Waals surface area (Å²) >= 11 is 0. The fourth-order valence-electron chi connectivity index (χ4n) is 3.31. The van der Waals surface area contributed by atoms with Crippen molar-refractivity contribution >= 4 is 5.71 Å². The van der Waals surface area contributed by atoms with Crippen LogP contribution >= 0.6 is 0 Å². The maximum atomic E-state index is 5.78. The van der Waals surface area contributed by atoms with Crippen molar-refractivity contribution in [2.24, 2.45) is 34.2 Å². The van der Waals surface area contributed by atoms with E-state index in [4.69, 9.17) is 16.5 Å². The lowest BCUT2D eigenvalue weighted by Crippen LogP contribution is -2.40. The predicted octanol–water partition coefficient (Wildman–Crippen LogP) is 2.75. The lowest BCUT2D eigenvalue weighted by molar-refractivity contribution is 0.183. The summed E-state index contributed by atoms with van der Waals surface area (Å²) in [7, 11) is 0. The number of rotatable bonds is 4. The van der Waals surface area contributed by atoms with E-state index in [9.17, 15) is 0 Å². The molecule has 0 bridgehead atoms. The average Bonchev–Trinajstić information content (AvgIpc) is 2.33. The second kappa shape index (κ2) is 6.09. The third-order valence-electron chi connectivity index (χ3n) is 4.40. The van der Waals surface area contributed by atoms with Gasteiger partial charge < -0.3 is 11.5 Å². The van der Waals surface area contributed by atoms with Crippen molar-refractivity contribution in [3.63, 3.8) is 0 Å². The Balaban J connectivity index is 2.11. The fraction of sp³-hybridized carbons (Fsp3) is 0.562. The SMILES string of the molecule is C=C(N)/C=C\C(=C/N)[C@@H]1CC(=NCC)C2CCC2C1. The highest BCUT2D eigenvalue weighted by Crippen LogP contribution is 2.47. The second-order valence-electron chi connectivity index (χ2n) is 5.62. The first-order valence-corrected chi connectivity index (χ1v) is 7.23. The number of nitrogens with zero attached hydrogens (tertiary/aromatic N) is 1. The number of aliphatic imine (C=N–C) groups is 1. The highest BCUT2D eigenvalue weighted by atomic mass is 14.8. The predicted molar refractivity (Wildman–Crippen MR) is 81.7 cm³/mol. The minimum Gasteiger partial charge on any atom is -0.404 e. The Morgan fingerprint density at radius 1 is 1.42 bits per heavy atom. The molecule has 3 atom stereocenters. The largest absolute Gasteiger partial charge is 0.404 e. The summed E-state index contributed by atoms with van der Waals surface area (Å²) in [5.74, 6) is 2.06. The van der Waals surface area contributed by atoms with E-state index in [0.717, 1.165) is 24.8 Å². The van der Waals surface area contributed by atoms with Crippen LogP contribution in [0.15, 0.2) is 41.2 Å². The maximum Gasteiger partial charge on any atom is 0.0360 e. The zero-order chi connectivity index (χ0) is 13.8. The van der Waals surface area contributed by atoms with E-state index < -0.39 is 0 Å². The molecule has 4 N–H and O–H groups in total. The van der Waals surface area contributed by atoms with Crippen LogP contribution in [0.3, 0.4) is 0 Å². The summed E-state index contributed by atoms with van der Waals surface area (Å²) in [5, 5.41) is 0. The van der Waals surface area contributed by atoms with E-state index in [-0.39, 0.29) is 0 Å². The van der Waals surface area contributed by atoms with Crippen molar-refractivity contribution in [3.05, 3.63) is 36.2 Å². The van der Waals surface area contributed by atoms with Crippen LogP contribution in [0.4, 0.5) is 0 Å². The fourth-order valence-corrected chi connectivity index (χ4v) is 3.31. The van der Waals surface area contributed by atoms with Crippen molar-refractivity contribution in [3.8, 4) is 0 Å². The summed E-state index contributed by atoms with van der Waals surface area (Å²) in [6, 6.07) is 0. The van der Waals surface area contributed by atoms with Gasteiger partial charge in [-0.15, -0.1) is 0 Å². The Hall–Kier alpha value is -1.51. The van der Waals surface area contributed by atoms with Gasteiger partial charge in [0.05, 0.1) is 0 Å². The number of allylic oxidation sites excluding steroid dienone is 3. The van der Waals surface area contributed by atoms with Gasteiger partial charge in [0.2, 0.25) is 0 Å². The summed E-state index contributed by atoms with van der Waals surface area (Å²) in [5.41, 5.74) is 14.5. The van der Waals surface area contributed by atoms with Gasteiger partial charge in [-0.1, -0.05) is 12.7 Å². The molecule has 19 heavy (non-hydrogen) atoms. The monoisotopic (exact) mass is 259 g/mol. The molecular formula is C16H25N3. The molecule has 3 heteroatoms. The third kappa shape index (κ3) is 3.09. The van der Waals surface area contributed by atoms with Gasteiger partial charge in [0.1, 0.15) is 0 Å². The summed E-state index contributed by atoms with van der Waals surface area (Å²) in [6.07, 6.45) is 10.5. The van der Waals surface area contributed by atoms with Crippen LogP contribution in [0.25, 0.3) is 0 Å². The van der Waals surface area contributed by atoms with E-state index in [0.29, 0.717) is 11.6 Å². The Bertz CT molecular complexity index is 431. The quantitative estimate of drug-likeness (QED) is 0.762. The Labute approximate surface area is 116 Å². The molecule has 0 radical (unpaired) electrons. The maximum absolute atomic E-state index is 5.78. The van der Waals surface area contributed by atoms with Crippen molar-refractivity contribution < 1.29 is 0 Å². The molecule has 0 spiro atoms. The molecule has 0 aromatic heterocycles. The number of hydrogen-bond acceptors (Lipinski definition) is 3. The third-order valence-corrected chi connectivity index (χ3v) is 4.40. The highest BCUT2D eigenvalue weighted by Gasteiger charge is 2.41. The Morgan fingerprint density at radius 3 is 2.74 bits per heavy atom. The van der Waals surface area contributed by atoms with E-state index in [2.05, 4.69) is 13.5 Å². The van der Waals surface area contributed by atoms with Gasteiger partial charge in [-0.3, -0.25) is 4.99 Å². The van der Waals surface area contributed by atoms with Crippen LogP contribution in [-0.2, 0) is 0 Å². The molecule has 2 aliphatic rings. The molecule has 0 saturated heterocycles. The van der Waals surface area contributed by atoms with Crippen LogP contribution in [-0.4, -0.2) is 12.3 Å². The lowest BCUT2D eigenvalue weighted by atomic mass is 9.60. The molecule has 2 rings (SSSR count). The molecule has 0 heterocycles. The number of nitrogens with two attached hydrogens (primary N) is 2. The van der Waals surface area contributed by atoms with Gasteiger partial charge in [-0.2, -0.15) is 0 Å². The van der Waals surface area contributed by atoms with E-state index in [1.165, 1.54) is 30.5 Å². The first-order chi connectivity index (χ1) is 9.15. The second-order valence-corrected chi connectivity index (χ2v) is 5.62. The molecule has 3 nitrogen and oxygen atoms in total. The number of hydrogen-bond donors (Lipinski definition) is 2.